The maximum absolute atomic E-state index is 2.37. The highest BCUT2D eigenvalue weighted by molar-refractivity contribution is 14.1. The molecule has 0 N–H and O–H groups in total. The van der Waals surface area contributed by atoms with Crippen molar-refractivity contribution in [2.24, 2.45) is 0 Å². The summed E-state index contributed by atoms with van der Waals surface area (Å²) in [6, 6.07) is 8.79. The molecule has 0 aliphatic heterocycles. The number of rotatable bonds is 3. The minimum absolute atomic E-state index is 0.713. The summed E-state index contributed by atoms with van der Waals surface area (Å²) < 4.78 is 1.34. The average molecular weight is 274 g/mol. The third-order valence-corrected chi connectivity index (χ3v) is 2.81. The lowest BCUT2D eigenvalue weighted by atomic mass is 9.97. The van der Waals surface area contributed by atoms with Crippen molar-refractivity contribution in [1.29, 1.82) is 0 Å². The van der Waals surface area contributed by atoms with Crippen molar-refractivity contribution in [1.82, 2.24) is 0 Å². The molecule has 0 aromatic heterocycles. The van der Waals surface area contributed by atoms with E-state index >= 15 is 0 Å². The molecule has 0 saturated carbocycles. The van der Waals surface area contributed by atoms with E-state index in [4.69, 9.17) is 0 Å². The molecule has 0 radical (unpaired) electrons. The van der Waals surface area contributed by atoms with Crippen LogP contribution in [-0.2, 0) is 0 Å². The van der Waals surface area contributed by atoms with Gasteiger partial charge >= 0.3 is 0 Å². The second-order valence-corrected chi connectivity index (χ2v) is 4.49. The van der Waals surface area contributed by atoms with Crippen LogP contribution in [0.25, 0.3) is 0 Å². The Hall–Kier alpha value is -0.0500. The largest absolute Gasteiger partial charge is 0.0654 e. The van der Waals surface area contributed by atoms with Gasteiger partial charge in [0.05, 0.1) is 0 Å². The fourth-order valence-electron chi connectivity index (χ4n) is 1.41. The van der Waals surface area contributed by atoms with Gasteiger partial charge in [-0.2, -0.15) is 0 Å². The zero-order valence-corrected chi connectivity index (χ0v) is 9.84. The first-order valence-electron chi connectivity index (χ1n) is 4.49. The van der Waals surface area contributed by atoms with Crippen LogP contribution < -0.4 is 0 Å². The van der Waals surface area contributed by atoms with Gasteiger partial charge in [-0.3, -0.25) is 0 Å². The van der Waals surface area contributed by atoms with Crippen LogP contribution in [0.1, 0.15) is 38.2 Å². The topological polar surface area (TPSA) is 0 Å². The van der Waals surface area contributed by atoms with Gasteiger partial charge in [0.1, 0.15) is 0 Å². The van der Waals surface area contributed by atoms with Crippen LogP contribution in [0.2, 0.25) is 0 Å². The molecule has 0 amide bonds. The van der Waals surface area contributed by atoms with Gasteiger partial charge in [-0.05, 0) is 52.6 Å². The lowest BCUT2D eigenvalue weighted by Crippen LogP contribution is -1.92. The van der Waals surface area contributed by atoms with Gasteiger partial charge in [-0.15, -0.1) is 0 Å². The van der Waals surface area contributed by atoms with E-state index in [1.165, 1.54) is 22.0 Å². The van der Waals surface area contributed by atoms with Crippen molar-refractivity contribution in [2.75, 3.05) is 0 Å². The van der Waals surface area contributed by atoms with Gasteiger partial charge < -0.3 is 0 Å². The zero-order chi connectivity index (χ0) is 8.97. The first kappa shape index (κ1) is 10.0. The molecular weight excluding hydrogens is 259 g/mol. The summed E-state index contributed by atoms with van der Waals surface area (Å²) in [5.41, 5.74) is 1.48. The normalized spacial score (nSPS) is 12.9. The molecule has 0 aliphatic carbocycles. The monoisotopic (exact) mass is 274 g/mol. The standard InChI is InChI=1S/C11H15I/c1-3-5-9(2)10-6-4-7-11(12)8-10/h4,6-9H,3,5H2,1-2H3. The molecule has 1 rings (SSSR count). The summed E-state index contributed by atoms with van der Waals surface area (Å²) >= 11 is 2.37. The molecule has 1 aromatic carbocycles. The van der Waals surface area contributed by atoms with E-state index in [0.29, 0.717) is 5.92 Å². The molecule has 1 atom stereocenters. The Bertz CT molecular complexity index is 243. The van der Waals surface area contributed by atoms with E-state index < -0.39 is 0 Å². The summed E-state index contributed by atoms with van der Waals surface area (Å²) in [6.07, 6.45) is 2.56. The van der Waals surface area contributed by atoms with Crippen LogP contribution in [0.3, 0.4) is 0 Å². The van der Waals surface area contributed by atoms with Gasteiger partial charge in [-0.25, -0.2) is 0 Å². The van der Waals surface area contributed by atoms with Crippen LogP contribution in [-0.4, -0.2) is 0 Å². The highest BCUT2D eigenvalue weighted by Gasteiger charge is 2.03. The van der Waals surface area contributed by atoms with Crippen LogP contribution in [0.5, 0.6) is 0 Å². The Kier molecular flexibility index (Phi) is 4.06. The van der Waals surface area contributed by atoms with E-state index in [-0.39, 0.29) is 0 Å². The molecule has 0 fully saturated rings. The third-order valence-electron chi connectivity index (χ3n) is 2.14. The molecule has 12 heavy (non-hydrogen) atoms. The second kappa shape index (κ2) is 4.85. The second-order valence-electron chi connectivity index (χ2n) is 3.24. The van der Waals surface area contributed by atoms with Gasteiger partial charge in [0, 0.05) is 3.57 Å². The summed E-state index contributed by atoms with van der Waals surface area (Å²) in [5, 5.41) is 0. The SMILES string of the molecule is CCCC(C)c1cccc(I)c1. The van der Waals surface area contributed by atoms with Crippen LogP contribution in [0.4, 0.5) is 0 Å². The Morgan fingerprint density at radius 3 is 2.75 bits per heavy atom. The summed E-state index contributed by atoms with van der Waals surface area (Å²) in [6.45, 7) is 4.54. The molecule has 0 nitrogen and oxygen atoms in total. The lowest BCUT2D eigenvalue weighted by Gasteiger charge is -2.10. The quantitative estimate of drug-likeness (QED) is 0.725. The van der Waals surface area contributed by atoms with E-state index in [1.807, 2.05) is 0 Å². The Morgan fingerprint density at radius 1 is 1.42 bits per heavy atom. The maximum atomic E-state index is 2.37. The summed E-state index contributed by atoms with van der Waals surface area (Å²) in [5.74, 6) is 0.713. The van der Waals surface area contributed by atoms with Crippen molar-refractivity contribution in [3.63, 3.8) is 0 Å². The molecule has 1 aromatic rings. The van der Waals surface area contributed by atoms with Crippen molar-refractivity contribution < 1.29 is 0 Å². The molecule has 0 aliphatic rings. The Balaban J connectivity index is 2.73. The first-order valence-corrected chi connectivity index (χ1v) is 5.57. The van der Waals surface area contributed by atoms with E-state index in [0.717, 1.165) is 0 Å². The minimum Gasteiger partial charge on any atom is -0.0654 e. The highest BCUT2D eigenvalue weighted by atomic mass is 127. The summed E-state index contributed by atoms with van der Waals surface area (Å²) in [4.78, 5) is 0. The van der Waals surface area contributed by atoms with Crippen LogP contribution in [0.15, 0.2) is 24.3 Å². The number of hydrogen-bond acceptors (Lipinski definition) is 0. The number of benzene rings is 1. The lowest BCUT2D eigenvalue weighted by molar-refractivity contribution is 0.664. The molecule has 66 valence electrons. The van der Waals surface area contributed by atoms with E-state index in [9.17, 15) is 0 Å². The van der Waals surface area contributed by atoms with Crippen molar-refractivity contribution in [3.8, 4) is 0 Å². The number of halogens is 1. The van der Waals surface area contributed by atoms with Crippen LogP contribution in [0, 0.1) is 3.57 Å². The Labute approximate surface area is 88.5 Å². The molecule has 1 unspecified atom stereocenters. The maximum Gasteiger partial charge on any atom is 0.0133 e. The molecule has 0 saturated heterocycles. The molecule has 0 bridgehead atoms. The van der Waals surface area contributed by atoms with Gasteiger partial charge in [0.15, 0.2) is 0 Å². The smallest absolute Gasteiger partial charge is 0.0133 e. The van der Waals surface area contributed by atoms with Gasteiger partial charge in [0.25, 0.3) is 0 Å². The summed E-state index contributed by atoms with van der Waals surface area (Å²) in [7, 11) is 0. The van der Waals surface area contributed by atoms with E-state index in [1.54, 1.807) is 0 Å². The van der Waals surface area contributed by atoms with Gasteiger partial charge in [0.2, 0.25) is 0 Å². The third kappa shape index (κ3) is 2.77. The fourth-order valence-corrected chi connectivity index (χ4v) is 1.98. The fraction of sp³-hybridized carbons (Fsp3) is 0.455. The first-order chi connectivity index (χ1) is 5.74. The van der Waals surface area contributed by atoms with Crippen molar-refractivity contribution >= 4 is 22.6 Å². The van der Waals surface area contributed by atoms with Gasteiger partial charge in [-0.1, -0.05) is 32.4 Å². The highest BCUT2D eigenvalue weighted by Crippen LogP contribution is 2.21. The Morgan fingerprint density at radius 2 is 2.17 bits per heavy atom. The predicted octanol–water partition coefficient (Wildman–Crippen LogP) is 4.19. The minimum atomic E-state index is 0.713. The molecular formula is C11H15I. The molecule has 1 heteroatoms. The van der Waals surface area contributed by atoms with Crippen LogP contribution >= 0.6 is 22.6 Å². The molecule has 0 spiro atoms. The number of hydrogen-bond donors (Lipinski definition) is 0. The van der Waals surface area contributed by atoms with Crippen molar-refractivity contribution in [3.05, 3.63) is 33.4 Å². The zero-order valence-electron chi connectivity index (χ0n) is 7.68. The average Bonchev–Trinajstić information content (AvgIpc) is 2.05. The van der Waals surface area contributed by atoms with Crippen molar-refractivity contribution in [2.45, 2.75) is 32.6 Å². The molecule has 0 heterocycles. The predicted molar refractivity (Wildman–Crippen MR) is 62.5 cm³/mol. The van der Waals surface area contributed by atoms with E-state index in [2.05, 4.69) is 60.7 Å².